The van der Waals surface area contributed by atoms with Gasteiger partial charge in [0.2, 0.25) is 5.91 Å². The first kappa shape index (κ1) is 22.2. The van der Waals surface area contributed by atoms with E-state index in [1.165, 1.54) is 0 Å². The van der Waals surface area contributed by atoms with Gasteiger partial charge in [0.05, 0.1) is 13.7 Å². The van der Waals surface area contributed by atoms with Crippen molar-refractivity contribution in [2.24, 2.45) is 0 Å². The Morgan fingerprint density at radius 3 is 2.71 bits per heavy atom. The van der Waals surface area contributed by atoms with Crippen LogP contribution in [0.1, 0.15) is 34.1 Å². The van der Waals surface area contributed by atoms with E-state index in [1.54, 1.807) is 23.3 Å². The lowest BCUT2D eigenvalue weighted by molar-refractivity contribution is -0.126. The topological polar surface area (TPSA) is 63.6 Å². The number of methoxy groups -OCH3 is 1. The lowest BCUT2D eigenvalue weighted by atomic mass is 9.92. The molecule has 2 amide bonds. The van der Waals surface area contributed by atoms with Crippen molar-refractivity contribution in [2.45, 2.75) is 39.4 Å². The van der Waals surface area contributed by atoms with E-state index in [9.17, 15) is 9.59 Å². The van der Waals surface area contributed by atoms with Crippen molar-refractivity contribution in [2.75, 3.05) is 12.0 Å². The monoisotopic (exact) mass is 473 g/mol. The Morgan fingerprint density at radius 2 is 1.94 bits per heavy atom. The molecule has 0 saturated heterocycles. The van der Waals surface area contributed by atoms with Crippen molar-refractivity contribution < 1.29 is 14.3 Å². The van der Waals surface area contributed by atoms with Crippen LogP contribution < -0.4 is 15.0 Å². The van der Waals surface area contributed by atoms with Crippen LogP contribution in [0.3, 0.4) is 0 Å². The second-order valence-electron chi connectivity index (χ2n) is 9.00. The molecule has 2 aromatic heterocycles. The number of thiophene rings is 1. The van der Waals surface area contributed by atoms with Crippen LogP contribution in [-0.4, -0.2) is 29.0 Å². The average Bonchev–Trinajstić information content (AvgIpc) is 3.41. The highest BCUT2D eigenvalue weighted by atomic mass is 32.1. The van der Waals surface area contributed by atoms with Gasteiger partial charge in [-0.05, 0) is 56.0 Å². The first-order valence-corrected chi connectivity index (χ1v) is 12.1. The van der Waals surface area contributed by atoms with E-state index >= 15 is 0 Å². The molecule has 0 aliphatic carbocycles. The quantitative estimate of drug-likeness (QED) is 0.441. The number of aromatic nitrogens is 1. The maximum atomic E-state index is 13.9. The Balaban J connectivity index is 1.58. The summed E-state index contributed by atoms with van der Waals surface area (Å²) < 4.78 is 7.43. The molecule has 34 heavy (non-hydrogen) atoms. The van der Waals surface area contributed by atoms with Gasteiger partial charge in [-0.3, -0.25) is 14.5 Å². The summed E-state index contributed by atoms with van der Waals surface area (Å²) in [6, 6.07) is 17.5. The number of aryl methyl sites for hydroxylation is 2. The highest BCUT2D eigenvalue weighted by Crippen LogP contribution is 2.38. The summed E-state index contributed by atoms with van der Waals surface area (Å²) in [5.41, 5.74) is 3.18. The number of anilines is 1. The van der Waals surface area contributed by atoms with Gasteiger partial charge in [0.25, 0.3) is 5.91 Å². The number of hydrogen-bond donors (Lipinski definition) is 1. The third kappa shape index (κ3) is 3.47. The second-order valence-corrected chi connectivity index (χ2v) is 9.89. The average molecular weight is 474 g/mol. The third-order valence-electron chi connectivity index (χ3n) is 6.60. The SMILES string of the molecule is COc1ccccc1CNC(=O)C1(C)Cn2c(cc3ccsc32)C(=O)N1c1ccc(C)cc1C. The molecule has 0 bridgehead atoms. The third-order valence-corrected chi connectivity index (χ3v) is 7.55. The Morgan fingerprint density at radius 1 is 1.15 bits per heavy atom. The number of fused-ring (bicyclic) bond motifs is 3. The predicted octanol–water partition coefficient (Wildman–Crippen LogP) is 5.06. The summed E-state index contributed by atoms with van der Waals surface area (Å²) in [7, 11) is 1.61. The van der Waals surface area contributed by atoms with Crippen molar-refractivity contribution in [3.8, 4) is 5.75 Å². The lowest BCUT2D eigenvalue weighted by Gasteiger charge is -2.44. The fourth-order valence-electron chi connectivity index (χ4n) is 4.85. The van der Waals surface area contributed by atoms with Crippen molar-refractivity contribution in [1.29, 1.82) is 0 Å². The summed E-state index contributed by atoms with van der Waals surface area (Å²) in [6.07, 6.45) is 0. The molecular formula is C27H27N3O3S. The van der Waals surface area contributed by atoms with Crippen LogP contribution in [0.4, 0.5) is 5.69 Å². The van der Waals surface area contributed by atoms with Gasteiger partial charge in [0.1, 0.15) is 21.8 Å². The minimum atomic E-state index is -1.12. The number of benzene rings is 2. The fraction of sp³-hybridized carbons (Fsp3) is 0.259. The summed E-state index contributed by atoms with van der Waals surface area (Å²) in [4.78, 5) is 30.5. The first-order valence-electron chi connectivity index (χ1n) is 11.2. The molecule has 3 heterocycles. The number of nitrogens with zero attached hydrogens (tertiary/aromatic N) is 2. The molecule has 7 heteroatoms. The van der Waals surface area contributed by atoms with Gasteiger partial charge in [-0.2, -0.15) is 0 Å². The van der Waals surface area contributed by atoms with Gasteiger partial charge in [0.15, 0.2) is 0 Å². The molecule has 1 atom stereocenters. The summed E-state index contributed by atoms with van der Waals surface area (Å²) in [5.74, 6) is 0.333. The first-order chi connectivity index (χ1) is 16.3. The Labute approximate surface area is 202 Å². The lowest BCUT2D eigenvalue weighted by Crippen LogP contribution is -2.64. The second kappa shape index (κ2) is 8.33. The standard InChI is InChI=1S/C27H27N3O3S/c1-17-9-10-21(18(2)13-17)30-24(31)22-14-19-11-12-34-25(19)29(22)16-27(30,3)26(32)28-15-20-7-5-6-8-23(20)33-4/h5-14H,15-16H2,1-4H3,(H,28,32). The summed E-state index contributed by atoms with van der Waals surface area (Å²) in [6.45, 7) is 6.52. The van der Waals surface area contributed by atoms with Gasteiger partial charge in [-0.25, -0.2) is 0 Å². The molecule has 1 unspecified atom stereocenters. The van der Waals surface area contributed by atoms with Gasteiger partial charge in [0, 0.05) is 23.2 Å². The normalized spacial score (nSPS) is 17.6. The van der Waals surface area contributed by atoms with E-state index in [0.717, 1.165) is 32.6 Å². The van der Waals surface area contributed by atoms with Crippen LogP contribution in [-0.2, 0) is 17.9 Å². The molecule has 0 saturated carbocycles. The molecular weight excluding hydrogens is 446 g/mol. The number of amides is 2. The highest BCUT2D eigenvalue weighted by Gasteiger charge is 2.49. The molecule has 0 radical (unpaired) electrons. The van der Waals surface area contributed by atoms with Gasteiger partial charge >= 0.3 is 0 Å². The minimum absolute atomic E-state index is 0.170. The molecule has 1 aliphatic rings. The molecule has 1 N–H and O–H groups in total. The zero-order valence-electron chi connectivity index (χ0n) is 19.7. The van der Waals surface area contributed by atoms with Gasteiger partial charge < -0.3 is 14.6 Å². The predicted molar refractivity (Wildman–Crippen MR) is 136 cm³/mol. The largest absolute Gasteiger partial charge is 0.496 e. The van der Waals surface area contributed by atoms with Crippen molar-refractivity contribution in [1.82, 2.24) is 9.88 Å². The van der Waals surface area contributed by atoms with Crippen LogP contribution in [0.2, 0.25) is 0 Å². The molecule has 0 spiro atoms. The maximum Gasteiger partial charge on any atom is 0.275 e. The number of ether oxygens (including phenoxy) is 1. The molecule has 4 aromatic rings. The molecule has 5 rings (SSSR count). The van der Waals surface area contributed by atoms with Crippen molar-refractivity contribution in [3.63, 3.8) is 0 Å². The Kier molecular flexibility index (Phi) is 5.44. The van der Waals surface area contributed by atoms with E-state index < -0.39 is 5.54 Å². The van der Waals surface area contributed by atoms with Crippen molar-refractivity contribution in [3.05, 3.63) is 82.4 Å². The number of para-hydroxylation sites is 1. The minimum Gasteiger partial charge on any atom is -0.496 e. The number of hydrogen-bond acceptors (Lipinski definition) is 4. The number of rotatable bonds is 5. The molecule has 1 aliphatic heterocycles. The number of carbonyl (C=O) groups is 2. The Hall–Kier alpha value is -3.58. The summed E-state index contributed by atoms with van der Waals surface area (Å²) >= 11 is 1.58. The van der Waals surface area contributed by atoms with Crippen LogP contribution in [0.5, 0.6) is 5.75 Å². The smallest absolute Gasteiger partial charge is 0.275 e. The highest BCUT2D eigenvalue weighted by molar-refractivity contribution is 7.16. The fourth-order valence-corrected chi connectivity index (χ4v) is 5.74. The van der Waals surface area contributed by atoms with Crippen molar-refractivity contribution >= 4 is 39.1 Å². The zero-order valence-corrected chi connectivity index (χ0v) is 20.5. The van der Waals surface area contributed by atoms with Crippen LogP contribution in [0.15, 0.2) is 60.0 Å². The summed E-state index contributed by atoms with van der Waals surface area (Å²) in [5, 5.41) is 6.11. The van der Waals surface area contributed by atoms with Gasteiger partial charge in [-0.15, -0.1) is 11.3 Å². The molecule has 6 nitrogen and oxygen atoms in total. The Bertz CT molecular complexity index is 1420. The van der Waals surface area contributed by atoms with E-state index in [4.69, 9.17) is 4.74 Å². The van der Waals surface area contributed by atoms with Crippen LogP contribution >= 0.6 is 11.3 Å². The molecule has 174 valence electrons. The zero-order chi connectivity index (χ0) is 24.0. The van der Waals surface area contributed by atoms with E-state index in [-0.39, 0.29) is 11.8 Å². The van der Waals surface area contributed by atoms with E-state index in [2.05, 4.69) is 5.32 Å². The maximum absolute atomic E-state index is 13.9. The van der Waals surface area contributed by atoms with Crippen LogP contribution in [0.25, 0.3) is 10.2 Å². The number of nitrogens with one attached hydrogen (secondary N) is 1. The van der Waals surface area contributed by atoms with E-state index in [0.29, 0.717) is 24.5 Å². The van der Waals surface area contributed by atoms with E-state index in [1.807, 2.05) is 85.3 Å². The van der Waals surface area contributed by atoms with Crippen LogP contribution in [0, 0.1) is 13.8 Å². The molecule has 2 aromatic carbocycles. The van der Waals surface area contributed by atoms with Gasteiger partial charge in [-0.1, -0.05) is 35.9 Å². The number of carbonyl (C=O) groups excluding carboxylic acids is 2. The molecule has 0 fully saturated rings.